The van der Waals surface area contributed by atoms with Crippen molar-refractivity contribution in [2.45, 2.75) is 19.8 Å². The van der Waals surface area contributed by atoms with Crippen LogP contribution in [0.3, 0.4) is 0 Å². The van der Waals surface area contributed by atoms with E-state index in [1.165, 1.54) is 6.26 Å². The van der Waals surface area contributed by atoms with Crippen molar-refractivity contribution in [3.63, 3.8) is 0 Å². The van der Waals surface area contributed by atoms with Crippen LogP contribution in [0.15, 0.2) is 143 Å². The summed E-state index contributed by atoms with van der Waals surface area (Å²) in [6, 6.07) is 40.6. The zero-order valence-corrected chi connectivity index (χ0v) is 22.4. The molecule has 0 atom stereocenters. The van der Waals surface area contributed by atoms with Gasteiger partial charge in [-0.25, -0.2) is 0 Å². The van der Waals surface area contributed by atoms with Crippen LogP contribution in [0.2, 0.25) is 0 Å². The minimum atomic E-state index is -0.179. The SMILES string of the molecule is O=c1c(-c2ccc(OCc3ccccc3)cc2)coc2cc(OCc3ccccc3)cc(OCc3ccccc3)c12. The van der Waals surface area contributed by atoms with Gasteiger partial charge in [0, 0.05) is 12.1 Å². The molecule has 6 aromatic rings. The number of fused-ring (bicyclic) bond motifs is 1. The minimum Gasteiger partial charge on any atom is -0.489 e. The van der Waals surface area contributed by atoms with Crippen LogP contribution in [-0.2, 0) is 19.8 Å². The van der Waals surface area contributed by atoms with Crippen molar-refractivity contribution in [3.8, 4) is 28.4 Å². The van der Waals surface area contributed by atoms with Crippen LogP contribution in [0.5, 0.6) is 17.2 Å². The maximum atomic E-state index is 13.8. The van der Waals surface area contributed by atoms with Crippen molar-refractivity contribution < 1.29 is 18.6 Å². The maximum Gasteiger partial charge on any atom is 0.204 e. The third-order valence-electron chi connectivity index (χ3n) is 6.71. The Morgan fingerprint density at radius 3 is 1.61 bits per heavy atom. The molecule has 0 spiro atoms. The summed E-state index contributed by atoms with van der Waals surface area (Å²) >= 11 is 0. The minimum absolute atomic E-state index is 0.179. The van der Waals surface area contributed by atoms with E-state index in [2.05, 4.69) is 0 Å². The molecular weight excluding hydrogens is 512 g/mol. The van der Waals surface area contributed by atoms with E-state index in [-0.39, 0.29) is 5.43 Å². The molecule has 0 aliphatic carbocycles. The number of benzene rings is 5. The second-order valence-electron chi connectivity index (χ2n) is 9.62. The fraction of sp³-hybridized carbons (Fsp3) is 0.0833. The Kier molecular flexibility index (Phi) is 7.77. The van der Waals surface area contributed by atoms with Crippen molar-refractivity contribution in [1.29, 1.82) is 0 Å². The first-order valence-corrected chi connectivity index (χ1v) is 13.4. The zero-order chi connectivity index (χ0) is 27.9. The predicted molar refractivity (Wildman–Crippen MR) is 160 cm³/mol. The predicted octanol–water partition coefficient (Wildman–Crippen LogP) is 8.20. The first kappa shape index (κ1) is 26.0. The largest absolute Gasteiger partial charge is 0.489 e. The van der Waals surface area contributed by atoms with Gasteiger partial charge < -0.3 is 18.6 Å². The van der Waals surface area contributed by atoms with Crippen LogP contribution in [0.4, 0.5) is 0 Å². The van der Waals surface area contributed by atoms with Gasteiger partial charge in [0.05, 0.1) is 5.56 Å². The van der Waals surface area contributed by atoms with Gasteiger partial charge in [0.25, 0.3) is 0 Å². The summed E-state index contributed by atoms with van der Waals surface area (Å²) in [4.78, 5) is 13.8. The molecule has 0 saturated heterocycles. The molecule has 5 heteroatoms. The first-order chi connectivity index (χ1) is 20.2. The van der Waals surface area contributed by atoms with Crippen molar-refractivity contribution in [2.24, 2.45) is 0 Å². The summed E-state index contributed by atoms with van der Waals surface area (Å²) in [7, 11) is 0. The van der Waals surface area contributed by atoms with Gasteiger partial charge in [0.1, 0.15) is 54.3 Å². The van der Waals surface area contributed by atoms with Gasteiger partial charge in [-0.15, -0.1) is 0 Å². The van der Waals surface area contributed by atoms with Crippen LogP contribution in [-0.4, -0.2) is 0 Å². The normalized spacial score (nSPS) is 10.8. The van der Waals surface area contributed by atoms with E-state index in [4.69, 9.17) is 18.6 Å². The average molecular weight is 541 g/mol. The van der Waals surface area contributed by atoms with Gasteiger partial charge in [-0.1, -0.05) is 103 Å². The van der Waals surface area contributed by atoms with Gasteiger partial charge in [0.15, 0.2) is 0 Å². The molecule has 0 fully saturated rings. The molecule has 41 heavy (non-hydrogen) atoms. The molecular formula is C36H28O5. The average Bonchev–Trinajstić information content (AvgIpc) is 3.03. The van der Waals surface area contributed by atoms with Crippen LogP contribution in [0.1, 0.15) is 16.7 Å². The highest BCUT2D eigenvalue weighted by Gasteiger charge is 2.17. The van der Waals surface area contributed by atoms with Gasteiger partial charge >= 0.3 is 0 Å². The zero-order valence-electron chi connectivity index (χ0n) is 22.4. The second kappa shape index (κ2) is 12.3. The van der Waals surface area contributed by atoms with E-state index in [0.29, 0.717) is 47.9 Å². The molecule has 0 N–H and O–H groups in total. The van der Waals surface area contributed by atoms with Gasteiger partial charge in [0.2, 0.25) is 5.43 Å². The summed E-state index contributed by atoms with van der Waals surface area (Å²) in [6.45, 7) is 1.15. The molecule has 0 bridgehead atoms. The van der Waals surface area contributed by atoms with Crippen LogP contribution in [0.25, 0.3) is 22.1 Å². The molecule has 0 aliphatic rings. The first-order valence-electron chi connectivity index (χ1n) is 13.4. The highest BCUT2D eigenvalue weighted by Crippen LogP contribution is 2.33. The Morgan fingerprint density at radius 2 is 1.05 bits per heavy atom. The summed E-state index contributed by atoms with van der Waals surface area (Å²) < 4.78 is 24.2. The monoisotopic (exact) mass is 540 g/mol. The Balaban J connectivity index is 1.30. The number of hydrogen-bond acceptors (Lipinski definition) is 5. The number of ether oxygens (including phenoxy) is 3. The van der Waals surface area contributed by atoms with Crippen molar-refractivity contribution in [2.75, 3.05) is 0 Å². The van der Waals surface area contributed by atoms with Crippen molar-refractivity contribution >= 4 is 11.0 Å². The molecule has 5 aromatic carbocycles. The second-order valence-corrected chi connectivity index (χ2v) is 9.62. The Bertz CT molecular complexity index is 1780. The standard InChI is InChI=1S/C36H28O5/c37-36-32(29-16-18-30(19-17-29)38-22-26-10-4-1-5-11-26)25-41-34-21-31(39-23-27-12-6-2-7-13-27)20-33(35(34)36)40-24-28-14-8-3-9-15-28/h1-21,25H,22-24H2. The van der Waals surface area contributed by atoms with E-state index in [1.54, 1.807) is 12.1 Å². The topological polar surface area (TPSA) is 57.9 Å². The van der Waals surface area contributed by atoms with E-state index in [1.807, 2.05) is 115 Å². The quantitative estimate of drug-likeness (QED) is 0.175. The molecule has 0 saturated carbocycles. The van der Waals surface area contributed by atoms with E-state index in [0.717, 1.165) is 28.0 Å². The molecule has 0 radical (unpaired) electrons. The molecule has 0 amide bonds. The number of rotatable bonds is 10. The Hall–Kier alpha value is -5.29. The maximum absolute atomic E-state index is 13.8. The van der Waals surface area contributed by atoms with Crippen LogP contribution >= 0.6 is 0 Å². The summed E-state index contributed by atoms with van der Waals surface area (Å²) in [5, 5.41) is 0.370. The van der Waals surface area contributed by atoms with Crippen LogP contribution < -0.4 is 19.6 Å². The molecule has 1 heterocycles. The summed E-state index contributed by atoms with van der Waals surface area (Å²) in [5.74, 6) is 1.68. The fourth-order valence-corrected chi connectivity index (χ4v) is 4.54. The molecule has 202 valence electrons. The van der Waals surface area contributed by atoms with E-state index >= 15 is 0 Å². The lowest BCUT2D eigenvalue weighted by Gasteiger charge is -2.13. The highest BCUT2D eigenvalue weighted by atomic mass is 16.5. The molecule has 6 rings (SSSR count). The molecule has 0 unspecified atom stereocenters. The summed E-state index contributed by atoms with van der Waals surface area (Å²) in [5.41, 5.74) is 4.50. The fourth-order valence-electron chi connectivity index (χ4n) is 4.54. The Labute approximate surface area is 238 Å². The van der Waals surface area contributed by atoms with Gasteiger partial charge in [-0.05, 0) is 34.4 Å². The lowest BCUT2D eigenvalue weighted by atomic mass is 10.0. The summed E-state index contributed by atoms with van der Waals surface area (Å²) in [6.07, 6.45) is 1.49. The lowest BCUT2D eigenvalue weighted by molar-refractivity contribution is 0.292. The number of hydrogen-bond donors (Lipinski definition) is 0. The molecule has 1 aromatic heterocycles. The lowest BCUT2D eigenvalue weighted by Crippen LogP contribution is -2.08. The van der Waals surface area contributed by atoms with Gasteiger partial charge in [-0.2, -0.15) is 0 Å². The Morgan fingerprint density at radius 1 is 0.537 bits per heavy atom. The van der Waals surface area contributed by atoms with Gasteiger partial charge in [-0.3, -0.25) is 4.79 Å². The van der Waals surface area contributed by atoms with E-state index < -0.39 is 0 Å². The van der Waals surface area contributed by atoms with Crippen molar-refractivity contribution in [1.82, 2.24) is 0 Å². The van der Waals surface area contributed by atoms with E-state index in [9.17, 15) is 4.79 Å². The third-order valence-corrected chi connectivity index (χ3v) is 6.71. The van der Waals surface area contributed by atoms with Crippen molar-refractivity contribution in [3.05, 3.63) is 161 Å². The smallest absolute Gasteiger partial charge is 0.204 e. The van der Waals surface area contributed by atoms with Crippen LogP contribution in [0, 0.1) is 0 Å². The highest BCUT2D eigenvalue weighted by molar-refractivity contribution is 5.88. The molecule has 0 aliphatic heterocycles. The molecule has 5 nitrogen and oxygen atoms in total. The third kappa shape index (κ3) is 6.31.